The van der Waals surface area contributed by atoms with Crippen LogP contribution in [0.15, 0.2) is 0 Å². The van der Waals surface area contributed by atoms with Crippen LogP contribution < -0.4 is 5.73 Å². The zero-order valence-electron chi connectivity index (χ0n) is 11.3. The fourth-order valence-corrected chi connectivity index (χ4v) is 2.49. The highest BCUT2D eigenvalue weighted by Crippen LogP contribution is 2.11. The molecule has 100 valence electrons. The number of carbonyl (C=O) groups excluding carboxylic acids is 1. The Balaban J connectivity index is 2.36. The summed E-state index contributed by atoms with van der Waals surface area (Å²) >= 11 is 0. The molecule has 1 saturated heterocycles. The summed E-state index contributed by atoms with van der Waals surface area (Å²) in [5.74, 6) is 0.312. The fraction of sp³-hybridized carbons (Fsp3) is 0.923. The van der Waals surface area contributed by atoms with Crippen molar-refractivity contribution in [2.45, 2.75) is 45.6 Å². The topological polar surface area (TPSA) is 49.6 Å². The van der Waals surface area contributed by atoms with Crippen LogP contribution in [0.3, 0.4) is 0 Å². The van der Waals surface area contributed by atoms with Crippen LogP contribution in [-0.4, -0.2) is 54.5 Å². The van der Waals surface area contributed by atoms with Gasteiger partial charge in [0.25, 0.3) is 0 Å². The van der Waals surface area contributed by atoms with Gasteiger partial charge >= 0.3 is 0 Å². The minimum Gasteiger partial charge on any atom is -0.340 e. The van der Waals surface area contributed by atoms with Gasteiger partial charge in [-0.3, -0.25) is 9.69 Å². The van der Waals surface area contributed by atoms with Gasteiger partial charge in [0.2, 0.25) is 5.91 Å². The van der Waals surface area contributed by atoms with Crippen molar-refractivity contribution in [3.63, 3.8) is 0 Å². The average molecular weight is 241 g/mol. The van der Waals surface area contributed by atoms with Crippen molar-refractivity contribution >= 4 is 5.91 Å². The van der Waals surface area contributed by atoms with Crippen LogP contribution >= 0.6 is 0 Å². The van der Waals surface area contributed by atoms with Gasteiger partial charge in [0.15, 0.2) is 0 Å². The molecule has 4 heteroatoms. The molecule has 0 aromatic rings. The van der Waals surface area contributed by atoms with E-state index in [0.717, 1.165) is 39.1 Å². The Kier molecular flexibility index (Phi) is 6.52. The van der Waals surface area contributed by atoms with Crippen LogP contribution in [0.5, 0.6) is 0 Å². The van der Waals surface area contributed by atoms with Crippen molar-refractivity contribution in [1.82, 2.24) is 9.80 Å². The largest absolute Gasteiger partial charge is 0.340 e. The first-order chi connectivity index (χ1) is 8.22. The van der Waals surface area contributed by atoms with Crippen molar-refractivity contribution < 1.29 is 4.79 Å². The average Bonchev–Trinajstić information content (AvgIpc) is 2.36. The molecule has 1 aliphatic rings. The summed E-state index contributed by atoms with van der Waals surface area (Å²) in [6, 6.07) is 0.503. The third-order valence-electron chi connectivity index (χ3n) is 3.54. The second-order valence-electron chi connectivity index (χ2n) is 4.84. The quantitative estimate of drug-likeness (QED) is 0.756. The predicted molar refractivity (Wildman–Crippen MR) is 70.8 cm³/mol. The van der Waals surface area contributed by atoms with Gasteiger partial charge in [-0.05, 0) is 12.8 Å². The minimum absolute atomic E-state index is 0.312. The lowest BCUT2D eigenvalue weighted by molar-refractivity contribution is -0.133. The lowest BCUT2D eigenvalue weighted by Gasteiger charge is -2.39. The lowest BCUT2D eigenvalue weighted by Crippen LogP contribution is -2.53. The molecule has 0 saturated carbocycles. The second-order valence-corrected chi connectivity index (χ2v) is 4.84. The summed E-state index contributed by atoms with van der Waals surface area (Å²) in [5, 5.41) is 0. The smallest absolute Gasteiger partial charge is 0.222 e. The number of nitrogens with zero attached hydrogens (tertiary/aromatic N) is 2. The van der Waals surface area contributed by atoms with Crippen molar-refractivity contribution in [3.05, 3.63) is 0 Å². The Morgan fingerprint density at radius 1 is 1.18 bits per heavy atom. The van der Waals surface area contributed by atoms with Gasteiger partial charge in [0.1, 0.15) is 0 Å². The molecule has 4 nitrogen and oxygen atoms in total. The SMILES string of the molecule is CCCC(=O)N1CCN(C(CN)CCC)CC1. The van der Waals surface area contributed by atoms with Crippen LogP contribution in [0.2, 0.25) is 0 Å². The van der Waals surface area contributed by atoms with Crippen LogP contribution in [0.25, 0.3) is 0 Å². The van der Waals surface area contributed by atoms with Crippen LogP contribution in [0.4, 0.5) is 0 Å². The van der Waals surface area contributed by atoms with E-state index in [2.05, 4.69) is 18.7 Å². The summed E-state index contributed by atoms with van der Waals surface area (Å²) in [4.78, 5) is 16.2. The number of piperazine rings is 1. The van der Waals surface area contributed by atoms with E-state index in [9.17, 15) is 4.79 Å². The Morgan fingerprint density at radius 2 is 1.82 bits per heavy atom. The van der Waals surface area contributed by atoms with Gasteiger partial charge in [-0.2, -0.15) is 0 Å². The number of carbonyl (C=O) groups is 1. The van der Waals surface area contributed by atoms with Crippen molar-refractivity contribution in [1.29, 1.82) is 0 Å². The molecule has 0 radical (unpaired) electrons. The minimum atomic E-state index is 0.312. The Hall–Kier alpha value is -0.610. The summed E-state index contributed by atoms with van der Waals surface area (Å²) in [6.07, 6.45) is 3.98. The Morgan fingerprint density at radius 3 is 2.29 bits per heavy atom. The molecule has 17 heavy (non-hydrogen) atoms. The van der Waals surface area contributed by atoms with E-state index in [-0.39, 0.29) is 0 Å². The summed E-state index contributed by atoms with van der Waals surface area (Å²) in [5.41, 5.74) is 5.81. The molecule has 1 aliphatic heterocycles. The molecule has 1 fully saturated rings. The molecule has 1 rings (SSSR count). The first-order valence-corrected chi connectivity index (χ1v) is 6.94. The van der Waals surface area contributed by atoms with Gasteiger partial charge in [0.05, 0.1) is 0 Å². The summed E-state index contributed by atoms with van der Waals surface area (Å²) < 4.78 is 0. The van der Waals surface area contributed by atoms with E-state index in [1.54, 1.807) is 0 Å². The molecule has 0 aliphatic carbocycles. The van der Waals surface area contributed by atoms with E-state index < -0.39 is 0 Å². The number of hydrogen-bond donors (Lipinski definition) is 1. The Bertz CT molecular complexity index is 225. The van der Waals surface area contributed by atoms with Gasteiger partial charge in [-0.15, -0.1) is 0 Å². The maximum absolute atomic E-state index is 11.8. The van der Waals surface area contributed by atoms with Gasteiger partial charge in [-0.25, -0.2) is 0 Å². The first-order valence-electron chi connectivity index (χ1n) is 6.94. The molecule has 0 aromatic carbocycles. The molecule has 1 amide bonds. The van der Waals surface area contributed by atoms with Gasteiger partial charge in [-0.1, -0.05) is 20.3 Å². The maximum Gasteiger partial charge on any atom is 0.222 e. The molecule has 0 spiro atoms. The molecule has 1 atom stereocenters. The number of hydrogen-bond acceptors (Lipinski definition) is 3. The van der Waals surface area contributed by atoms with Crippen molar-refractivity contribution in [3.8, 4) is 0 Å². The lowest BCUT2D eigenvalue weighted by atomic mass is 10.1. The standard InChI is InChI=1S/C13H27N3O/c1-3-5-12(11-14)15-7-9-16(10-8-15)13(17)6-4-2/h12H,3-11,14H2,1-2H3. The highest BCUT2D eigenvalue weighted by Gasteiger charge is 2.24. The first kappa shape index (κ1) is 14.5. The summed E-state index contributed by atoms with van der Waals surface area (Å²) in [6.45, 7) is 8.70. The second kappa shape index (κ2) is 7.67. The van der Waals surface area contributed by atoms with E-state index >= 15 is 0 Å². The third-order valence-corrected chi connectivity index (χ3v) is 3.54. The zero-order valence-corrected chi connectivity index (χ0v) is 11.3. The highest BCUT2D eigenvalue weighted by molar-refractivity contribution is 5.76. The molecule has 0 aromatic heterocycles. The van der Waals surface area contributed by atoms with E-state index in [0.29, 0.717) is 18.4 Å². The number of amides is 1. The van der Waals surface area contributed by atoms with E-state index in [1.807, 2.05) is 4.90 Å². The third kappa shape index (κ3) is 4.28. The van der Waals surface area contributed by atoms with Crippen LogP contribution in [0.1, 0.15) is 39.5 Å². The van der Waals surface area contributed by atoms with E-state index in [4.69, 9.17) is 5.73 Å². The van der Waals surface area contributed by atoms with Gasteiger partial charge < -0.3 is 10.6 Å². The number of nitrogens with two attached hydrogens (primary N) is 1. The summed E-state index contributed by atoms with van der Waals surface area (Å²) in [7, 11) is 0. The molecule has 0 bridgehead atoms. The maximum atomic E-state index is 11.8. The monoisotopic (exact) mass is 241 g/mol. The number of rotatable bonds is 6. The predicted octanol–water partition coefficient (Wildman–Crippen LogP) is 1.06. The Labute approximate surface area is 105 Å². The molecular weight excluding hydrogens is 214 g/mol. The molecule has 1 unspecified atom stereocenters. The van der Waals surface area contributed by atoms with E-state index in [1.165, 1.54) is 12.8 Å². The van der Waals surface area contributed by atoms with Gasteiger partial charge in [0, 0.05) is 45.2 Å². The van der Waals surface area contributed by atoms with Crippen LogP contribution in [-0.2, 0) is 4.79 Å². The molecular formula is C13H27N3O. The van der Waals surface area contributed by atoms with Crippen LogP contribution in [0, 0.1) is 0 Å². The zero-order chi connectivity index (χ0) is 12.7. The fourth-order valence-electron chi connectivity index (χ4n) is 2.49. The molecule has 1 heterocycles. The molecule has 2 N–H and O–H groups in total. The highest BCUT2D eigenvalue weighted by atomic mass is 16.2. The van der Waals surface area contributed by atoms with Crippen molar-refractivity contribution in [2.24, 2.45) is 5.73 Å². The van der Waals surface area contributed by atoms with Crippen molar-refractivity contribution in [2.75, 3.05) is 32.7 Å². The normalized spacial score (nSPS) is 19.4.